The van der Waals surface area contributed by atoms with E-state index in [1.165, 1.54) is 0 Å². The molecule has 1 saturated heterocycles. The number of aliphatic hydroxyl groups is 1. The molecule has 96 valence electrons. The number of anilines is 1. The van der Waals surface area contributed by atoms with Crippen molar-refractivity contribution in [2.24, 2.45) is 5.73 Å². The van der Waals surface area contributed by atoms with E-state index in [4.69, 9.17) is 10.8 Å². The van der Waals surface area contributed by atoms with Gasteiger partial charge in [-0.05, 0) is 24.3 Å². The highest BCUT2D eigenvalue weighted by molar-refractivity contribution is 5.95. The summed E-state index contributed by atoms with van der Waals surface area (Å²) in [5.41, 5.74) is 6.13. The van der Waals surface area contributed by atoms with Gasteiger partial charge in [-0.3, -0.25) is 14.5 Å². The highest BCUT2D eigenvalue weighted by Gasteiger charge is 2.25. The van der Waals surface area contributed by atoms with E-state index in [1.807, 2.05) is 4.90 Å². The van der Waals surface area contributed by atoms with E-state index in [9.17, 15) is 9.59 Å². The highest BCUT2D eigenvalue weighted by atomic mass is 16.3. The van der Waals surface area contributed by atoms with Crippen molar-refractivity contribution in [2.45, 2.75) is 6.10 Å². The molecule has 0 saturated carbocycles. The van der Waals surface area contributed by atoms with Crippen molar-refractivity contribution >= 4 is 17.5 Å². The standard InChI is InChI=1S/C12H15N3O3/c13-12(18)8-1-3-9(4-2-8)14-11(17)7-15-5-10(16)6-15/h1-4,10,16H,5-7H2,(H2,13,18)(H,14,17). The van der Waals surface area contributed by atoms with Gasteiger partial charge in [0.15, 0.2) is 0 Å². The minimum atomic E-state index is -0.498. The van der Waals surface area contributed by atoms with E-state index in [0.717, 1.165) is 0 Å². The molecule has 1 fully saturated rings. The third-order valence-electron chi connectivity index (χ3n) is 2.76. The fourth-order valence-corrected chi connectivity index (χ4v) is 1.79. The molecular formula is C12H15N3O3. The molecule has 0 spiro atoms. The normalized spacial score (nSPS) is 16.1. The molecule has 1 aromatic rings. The van der Waals surface area contributed by atoms with Crippen molar-refractivity contribution in [3.05, 3.63) is 29.8 Å². The fourth-order valence-electron chi connectivity index (χ4n) is 1.79. The Balaban J connectivity index is 1.85. The smallest absolute Gasteiger partial charge is 0.248 e. The van der Waals surface area contributed by atoms with Crippen LogP contribution in [0.25, 0.3) is 0 Å². The number of nitrogens with two attached hydrogens (primary N) is 1. The minimum Gasteiger partial charge on any atom is -0.390 e. The van der Waals surface area contributed by atoms with E-state index >= 15 is 0 Å². The van der Waals surface area contributed by atoms with E-state index in [-0.39, 0.29) is 18.6 Å². The quantitative estimate of drug-likeness (QED) is 0.664. The van der Waals surface area contributed by atoms with Crippen molar-refractivity contribution in [3.63, 3.8) is 0 Å². The average Bonchev–Trinajstić information content (AvgIpc) is 2.27. The zero-order valence-electron chi connectivity index (χ0n) is 9.80. The Labute approximate surface area is 104 Å². The molecule has 0 atom stereocenters. The maximum absolute atomic E-state index is 11.6. The summed E-state index contributed by atoms with van der Waals surface area (Å²) in [5, 5.41) is 11.8. The van der Waals surface area contributed by atoms with Gasteiger partial charge < -0.3 is 16.2 Å². The third-order valence-corrected chi connectivity index (χ3v) is 2.76. The number of primary amides is 1. The lowest BCUT2D eigenvalue weighted by atomic mass is 10.1. The number of nitrogens with one attached hydrogen (secondary N) is 1. The predicted molar refractivity (Wildman–Crippen MR) is 66.0 cm³/mol. The zero-order valence-corrected chi connectivity index (χ0v) is 9.80. The summed E-state index contributed by atoms with van der Waals surface area (Å²) in [6.45, 7) is 1.33. The lowest BCUT2D eigenvalue weighted by Crippen LogP contribution is -2.53. The third kappa shape index (κ3) is 3.06. The summed E-state index contributed by atoms with van der Waals surface area (Å²) in [6.07, 6.45) is -0.312. The second-order valence-electron chi connectivity index (χ2n) is 4.34. The van der Waals surface area contributed by atoms with Crippen LogP contribution in [-0.2, 0) is 4.79 Å². The first-order valence-corrected chi connectivity index (χ1v) is 5.65. The highest BCUT2D eigenvalue weighted by Crippen LogP contribution is 2.10. The van der Waals surface area contributed by atoms with Crippen LogP contribution in [0.3, 0.4) is 0 Å². The topological polar surface area (TPSA) is 95.7 Å². The molecule has 2 rings (SSSR count). The molecule has 0 aromatic heterocycles. The Kier molecular flexibility index (Phi) is 3.59. The lowest BCUT2D eigenvalue weighted by molar-refractivity contribution is -0.119. The largest absolute Gasteiger partial charge is 0.390 e. The van der Waals surface area contributed by atoms with Gasteiger partial charge in [0.2, 0.25) is 11.8 Å². The number of benzene rings is 1. The number of carbonyl (C=O) groups excluding carboxylic acids is 2. The zero-order chi connectivity index (χ0) is 13.1. The first kappa shape index (κ1) is 12.5. The number of β-amino-alcohol motifs (C(OH)–C–C–N with tert-alkyl or cyclic N) is 1. The number of nitrogens with zero attached hydrogens (tertiary/aromatic N) is 1. The molecule has 4 N–H and O–H groups in total. The molecule has 6 heteroatoms. The maximum Gasteiger partial charge on any atom is 0.248 e. The molecule has 0 aliphatic carbocycles. The Bertz CT molecular complexity index is 452. The second-order valence-corrected chi connectivity index (χ2v) is 4.34. The fraction of sp³-hybridized carbons (Fsp3) is 0.333. The van der Waals surface area contributed by atoms with Crippen LogP contribution in [0.15, 0.2) is 24.3 Å². The van der Waals surface area contributed by atoms with Gasteiger partial charge in [-0.25, -0.2) is 0 Å². The summed E-state index contributed by atoms with van der Waals surface area (Å²) in [5.74, 6) is -0.642. The van der Waals surface area contributed by atoms with E-state index in [0.29, 0.717) is 24.3 Å². The molecule has 18 heavy (non-hydrogen) atoms. The number of hydrogen-bond donors (Lipinski definition) is 3. The SMILES string of the molecule is NC(=O)c1ccc(NC(=O)CN2CC(O)C2)cc1. The second kappa shape index (κ2) is 5.16. The van der Waals surface area contributed by atoms with Crippen molar-refractivity contribution < 1.29 is 14.7 Å². The average molecular weight is 249 g/mol. The monoisotopic (exact) mass is 249 g/mol. The molecule has 0 unspecified atom stereocenters. The molecule has 6 nitrogen and oxygen atoms in total. The molecular weight excluding hydrogens is 234 g/mol. The van der Waals surface area contributed by atoms with Crippen LogP contribution < -0.4 is 11.1 Å². The van der Waals surface area contributed by atoms with Crippen LogP contribution in [0.4, 0.5) is 5.69 Å². The predicted octanol–water partition coefficient (Wildman–Crippen LogP) is -0.600. The molecule has 1 aliphatic heterocycles. The van der Waals surface area contributed by atoms with Gasteiger partial charge in [0.25, 0.3) is 0 Å². The lowest BCUT2D eigenvalue weighted by Gasteiger charge is -2.34. The molecule has 1 heterocycles. The van der Waals surface area contributed by atoms with E-state index < -0.39 is 5.91 Å². The van der Waals surface area contributed by atoms with Gasteiger partial charge in [-0.15, -0.1) is 0 Å². The summed E-state index contributed by atoms with van der Waals surface area (Å²) < 4.78 is 0. The Hall–Kier alpha value is -1.92. The van der Waals surface area contributed by atoms with Gasteiger partial charge in [0.05, 0.1) is 12.6 Å². The van der Waals surface area contributed by atoms with Crippen LogP contribution in [0.5, 0.6) is 0 Å². The summed E-state index contributed by atoms with van der Waals surface area (Å²) in [4.78, 5) is 24.3. The van der Waals surface area contributed by atoms with Crippen molar-refractivity contribution in [3.8, 4) is 0 Å². The van der Waals surface area contributed by atoms with Crippen LogP contribution in [0.2, 0.25) is 0 Å². The van der Waals surface area contributed by atoms with Gasteiger partial charge in [-0.1, -0.05) is 0 Å². The number of carbonyl (C=O) groups is 2. The molecule has 1 aromatic carbocycles. The van der Waals surface area contributed by atoms with Gasteiger partial charge in [-0.2, -0.15) is 0 Å². The number of rotatable bonds is 4. The maximum atomic E-state index is 11.6. The summed E-state index contributed by atoms with van der Waals surface area (Å²) in [7, 11) is 0. The van der Waals surface area contributed by atoms with Crippen molar-refractivity contribution in [2.75, 3.05) is 25.0 Å². The van der Waals surface area contributed by atoms with E-state index in [1.54, 1.807) is 24.3 Å². The first-order chi connectivity index (χ1) is 8.54. The molecule has 0 radical (unpaired) electrons. The van der Waals surface area contributed by atoms with Crippen molar-refractivity contribution in [1.29, 1.82) is 0 Å². The van der Waals surface area contributed by atoms with Crippen LogP contribution >= 0.6 is 0 Å². The number of amides is 2. The Morgan fingerprint density at radius 1 is 1.33 bits per heavy atom. The van der Waals surface area contributed by atoms with Gasteiger partial charge in [0.1, 0.15) is 0 Å². The number of hydrogen-bond acceptors (Lipinski definition) is 4. The van der Waals surface area contributed by atoms with Crippen molar-refractivity contribution in [1.82, 2.24) is 4.90 Å². The Morgan fingerprint density at radius 3 is 2.44 bits per heavy atom. The number of aliphatic hydroxyl groups excluding tert-OH is 1. The van der Waals surface area contributed by atoms with E-state index in [2.05, 4.69) is 5.32 Å². The Morgan fingerprint density at radius 2 is 1.94 bits per heavy atom. The number of likely N-dealkylation sites (tertiary alicyclic amines) is 1. The molecule has 2 amide bonds. The minimum absolute atomic E-state index is 0.145. The summed E-state index contributed by atoms with van der Waals surface area (Å²) in [6, 6.07) is 6.38. The first-order valence-electron chi connectivity index (χ1n) is 5.65. The van der Waals surface area contributed by atoms with Gasteiger partial charge in [0, 0.05) is 24.3 Å². The summed E-state index contributed by atoms with van der Waals surface area (Å²) >= 11 is 0. The molecule has 1 aliphatic rings. The van der Waals surface area contributed by atoms with Gasteiger partial charge >= 0.3 is 0 Å². The van der Waals surface area contributed by atoms with Crippen LogP contribution in [0.1, 0.15) is 10.4 Å². The van der Waals surface area contributed by atoms with Crippen LogP contribution in [0, 0.1) is 0 Å². The van der Waals surface area contributed by atoms with Crippen LogP contribution in [-0.4, -0.2) is 47.6 Å². The molecule has 0 bridgehead atoms.